The second-order valence-corrected chi connectivity index (χ2v) is 7.13. The van der Waals surface area contributed by atoms with Gasteiger partial charge in [0.15, 0.2) is 5.82 Å². The second kappa shape index (κ2) is 18.0. The Hall–Kier alpha value is -3.36. The van der Waals surface area contributed by atoms with Crippen LogP contribution in [-0.2, 0) is 21.4 Å². The number of aromatic nitrogens is 2. The molecule has 0 spiro atoms. The van der Waals surface area contributed by atoms with E-state index in [4.69, 9.17) is 4.74 Å². The Labute approximate surface area is 211 Å². The topological polar surface area (TPSA) is 92.1 Å². The molecule has 1 aliphatic rings. The smallest absolute Gasteiger partial charge is 0.246 e. The number of nitrogens with one attached hydrogen (secondary N) is 1. The van der Waals surface area contributed by atoms with Crippen molar-refractivity contribution in [3.8, 4) is 0 Å². The minimum Gasteiger partial charge on any atom is -0.480 e. The first-order chi connectivity index (χ1) is 17.0. The lowest BCUT2D eigenvalue weighted by Crippen LogP contribution is -2.47. The van der Waals surface area contributed by atoms with Crippen LogP contribution >= 0.6 is 0 Å². The SMILES string of the molecule is C=CC(=O)N1CCCC(N(C=O)/C=C(/N/C(=C/CC)C(=NC)OC)c2nccn2C)C1.CC.CC. The molecule has 2 amide bonds. The standard InChI is InChI=1S/C22H32N6O3.2C2H6/c1-6-9-18(22(23-3)31-5)25-19(21-24-11-13-26(21)4)15-28(16-29)17-10-8-12-27(14-17)20(30)7-2;2*1-2/h7,9,11,13,15-17,25H,2,6,8,10,12,14H2,1,3-5H3;2*1-2H3/b18-9+,19-15+,23-22?;;. The number of hydrogen-bond donors (Lipinski definition) is 1. The van der Waals surface area contributed by atoms with E-state index in [0.29, 0.717) is 36.2 Å². The molecule has 196 valence electrons. The molecule has 9 heteroatoms. The summed E-state index contributed by atoms with van der Waals surface area (Å²) in [4.78, 5) is 36.0. The molecule has 0 saturated carbocycles. The predicted octanol–water partition coefficient (Wildman–Crippen LogP) is 3.96. The Kier molecular flexibility index (Phi) is 16.3. The van der Waals surface area contributed by atoms with Gasteiger partial charge in [-0.25, -0.2) is 4.98 Å². The molecule has 2 rings (SSSR count). The van der Waals surface area contributed by atoms with E-state index in [2.05, 4.69) is 21.9 Å². The van der Waals surface area contributed by atoms with Crippen molar-refractivity contribution in [1.29, 1.82) is 0 Å². The molecule has 0 bridgehead atoms. The molecule has 1 aliphatic heterocycles. The highest BCUT2D eigenvalue weighted by atomic mass is 16.5. The summed E-state index contributed by atoms with van der Waals surface area (Å²) in [6.07, 6.45) is 11.7. The van der Waals surface area contributed by atoms with Crippen LogP contribution in [0.3, 0.4) is 0 Å². The number of methoxy groups -OCH3 is 1. The maximum atomic E-state index is 12.1. The Morgan fingerprint density at radius 1 is 1.37 bits per heavy atom. The summed E-state index contributed by atoms with van der Waals surface area (Å²) in [5, 5.41) is 3.34. The first-order valence-electron chi connectivity index (χ1n) is 12.3. The van der Waals surface area contributed by atoms with Crippen LogP contribution in [0.1, 0.15) is 59.7 Å². The van der Waals surface area contributed by atoms with E-state index in [1.165, 1.54) is 6.08 Å². The van der Waals surface area contributed by atoms with E-state index in [-0.39, 0.29) is 11.9 Å². The Morgan fingerprint density at radius 3 is 2.54 bits per heavy atom. The summed E-state index contributed by atoms with van der Waals surface area (Å²) in [5.74, 6) is 0.967. The van der Waals surface area contributed by atoms with E-state index in [0.717, 1.165) is 25.7 Å². The zero-order valence-electron chi connectivity index (χ0n) is 22.7. The van der Waals surface area contributed by atoms with Gasteiger partial charge < -0.3 is 24.4 Å². The summed E-state index contributed by atoms with van der Waals surface area (Å²) in [5.41, 5.74) is 1.30. The largest absolute Gasteiger partial charge is 0.480 e. The third-order valence-electron chi connectivity index (χ3n) is 5.07. The van der Waals surface area contributed by atoms with Gasteiger partial charge >= 0.3 is 0 Å². The molecule has 1 atom stereocenters. The molecule has 1 saturated heterocycles. The number of rotatable bonds is 9. The van der Waals surface area contributed by atoms with Crippen LogP contribution in [0.5, 0.6) is 0 Å². The highest BCUT2D eigenvalue weighted by Crippen LogP contribution is 2.19. The molecule has 1 aromatic heterocycles. The number of aryl methyl sites for hydroxylation is 1. The first kappa shape index (κ1) is 31.6. The zero-order chi connectivity index (χ0) is 26.8. The van der Waals surface area contributed by atoms with Gasteiger partial charge in [-0.15, -0.1) is 0 Å². The van der Waals surface area contributed by atoms with E-state index >= 15 is 0 Å². The van der Waals surface area contributed by atoms with Gasteiger partial charge in [-0.05, 0) is 25.3 Å². The number of amides is 2. The number of carbonyl (C=O) groups is 2. The average Bonchev–Trinajstić information content (AvgIpc) is 3.34. The maximum Gasteiger partial charge on any atom is 0.246 e. The van der Waals surface area contributed by atoms with Crippen LogP contribution in [0.4, 0.5) is 0 Å². The molecule has 35 heavy (non-hydrogen) atoms. The average molecular weight is 489 g/mol. The van der Waals surface area contributed by atoms with Gasteiger partial charge in [-0.3, -0.25) is 14.6 Å². The lowest BCUT2D eigenvalue weighted by atomic mass is 10.0. The number of nitrogens with zero attached hydrogens (tertiary/aromatic N) is 5. The molecule has 1 N–H and O–H groups in total. The highest BCUT2D eigenvalue weighted by Gasteiger charge is 2.26. The molecular weight excluding hydrogens is 444 g/mol. The molecule has 2 heterocycles. The summed E-state index contributed by atoms with van der Waals surface area (Å²) >= 11 is 0. The summed E-state index contributed by atoms with van der Waals surface area (Å²) in [7, 11) is 5.09. The summed E-state index contributed by atoms with van der Waals surface area (Å²) < 4.78 is 7.25. The summed E-state index contributed by atoms with van der Waals surface area (Å²) in [6, 6.07) is -0.146. The third-order valence-corrected chi connectivity index (χ3v) is 5.07. The van der Waals surface area contributed by atoms with Crippen LogP contribution in [-0.4, -0.2) is 70.9 Å². The van der Waals surface area contributed by atoms with Crippen molar-refractivity contribution < 1.29 is 14.3 Å². The van der Waals surface area contributed by atoms with Gasteiger partial charge in [0.25, 0.3) is 0 Å². The number of piperidine rings is 1. The van der Waals surface area contributed by atoms with E-state index in [1.54, 1.807) is 36.4 Å². The molecule has 1 unspecified atom stereocenters. The number of likely N-dealkylation sites (tertiary alicyclic amines) is 1. The van der Waals surface area contributed by atoms with Crippen LogP contribution in [0.25, 0.3) is 5.70 Å². The van der Waals surface area contributed by atoms with Crippen LogP contribution in [0, 0.1) is 0 Å². The molecule has 1 aromatic rings. The van der Waals surface area contributed by atoms with Crippen molar-refractivity contribution in [2.75, 3.05) is 27.2 Å². The summed E-state index contributed by atoms with van der Waals surface area (Å²) in [6.45, 7) is 14.7. The highest BCUT2D eigenvalue weighted by molar-refractivity contribution is 5.94. The van der Waals surface area contributed by atoms with Gasteiger partial charge in [-0.1, -0.05) is 47.3 Å². The fourth-order valence-corrected chi connectivity index (χ4v) is 3.53. The number of aliphatic imine (C=N–C) groups is 1. The lowest BCUT2D eigenvalue weighted by Gasteiger charge is -2.36. The van der Waals surface area contributed by atoms with E-state index in [9.17, 15) is 9.59 Å². The van der Waals surface area contributed by atoms with Crippen molar-refractivity contribution in [2.45, 2.75) is 59.9 Å². The van der Waals surface area contributed by atoms with Crippen molar-refractivity contribution >= 4 is 23.9 Å². The van der Waals surface area contributed by atoms with E-state index in [1.807, 2.05) is 58.5 Å². The quantitative estimate of drug-likeness (QED) is 0.246. The van der Waals surface area contributed by atoms with Crippen molar-refractivity contribution in [3.05, 3.63) is 48.8 Å². The van der Waals surface area contributed by atoms with Crippen LogP contribution in [0.2, 0.25) is 0 Å². The van der Waals surface area contributed by atoms with Crippen molar-refractivity contribution in [3.63, 3.8) is 0 Å². The molecular formula is C26H44N6O3. The van der Waals surface area contributed by atoms with Gasteiger partial charge in [0.05, 0.1) is 24.5 Å². The molecule has 1 fully saturated rings. The minimum absolute atomic E-state index is 0.126. The molecule has 0 radical (unpaired) electrons. The Bertz CT molecular complexity index is 872. The fourth-order valence-electron chi connectivity index (χ4n) is 3.53. The van der Waals surface area contributed by atoms with Gasteiger partial charge in [0, 0.05) is 45.8 Å². The maximum absolute atomic E-state index is 12.1. The molecule has 0 aliphatic carbocycles. The number of carbonyl (C=O) groups excluding carboxylic acids is 2. The molecule has 0 aromatic carbocycles. The fraction of sp³-hybridized carbons (Fsp3) is 0.538. The third kappa shape index (κ3) is 9.42. The Morgan fingerprint density at radius 2 is 2.06 bits per heavy atom. The van der Waals surface area contributed by atoms with E-state index < -0.39 is 0 Å². The molecule has 9 nitrogen and oxygen atoms in total. The lowest BCUT2D eigenvalue weighted by molar-refractivity contribution is -0.129. The number of ether oxygens (including phenoxy) is 1. The minimum atomic E-state index is -0.146. The van der Waals surface area contributed by atoms with Crippen molar-refractivity contribution in [1.82, 2.24) is 24.7 Å². The second-order valence-electron chi connectivity index (χ2n) is 7.13. The number of hydrogen-bond acceptors (Lipinski definition) is 6. The Balaban J connectivity index is 0.00000274. The number of allylic oxidation sites excluding steroid dienone is 1. The number of imidazole rings is 1. The van der Waals surface area contributed by atoms with Crippen LogP contribution in [0.15, 0.2) is 48.0 Å². The monoisotopic (exact) mass is 488 g/mol. The van der Waals surface area contributed by atoms with Gasteiger partial charge in [0.2, 0.25) is 18.2 Å². The predicted molar refractivity (Wildman–Crippen MR) is 143 cm³/mol. The zero-order valence-corrected chi connectivity index (χ0v) is 22.7. The van der Waals surface area contributed by atoms with Crippen molar-refractivity contribution in [2.24, 2.45) is 12.0 Å². The first-order valence-corrected chi connectivity index (χ1v) is 12.3. The van der Waals surface area contributed by atoms with Gasteiger partial charge in [-0.2, -0.15) is 0 Å². The normalized spacial score (nSPS) is 16.2. The van der Waals surface area contributed by atoms with Gasteiger partial charge in [0.1, 0.15) is 0 Å². The van der Waals surface area contributed by atoms with Crippen LogP contribution < -0.4 is 5.32 Å².